The highest BCUT2D eigenvalue weighted by atomic mass is 16.1. The molecule has 18 heavy (non-hydrogen) atoms. The van der Waals surface area contributed by atoms with Gasteiger partial charge in [0.1, 0.15) is 0 Å². The minimum atomic E-state index is 0.112. The van der Waals surface area contributed by atoms with Crippen molar-refractivity contribution in [1.82, 2.24) is 4.90 Å². The maximum atomic E-state index is 11.0. The number of rotatable bonds is 4. The fourth-order valence-electron chi connectivity index (χ4n) is 2.39. The van der Waals surface area contributed by atoms with Crippen LogP contribution in [-0.2, 0) is 16.8 Å². The molecule has 0 bridgehead atoms. The van der Waals surface area contributed by atoms with Crippen LogP contribution in [0.1, 0.15) is 50.3 Å². The lowest BCUT2D eigenvalue weighted by atomic mass is 9.83. The minimum absolute atomic E-state index is 0.112. The topological polar surface area (TPSA) is 20.3 Å². The van der Waals surface area contributed by atoms with E-state index >= 15 is 0 Å². The highest BCUT2D eigenvalue weighted by molar-refractivity contribution is 5.50. The maximum absolute atomic E-state index is 11.0. The fraction of sp³-hybridized carbons (Fsp3) is 0.562. The van der Waals surface area contributed by atoms with E-state index in [9.17, 15) is 4.79 Å². The first kappa shape index (κ1) is 13.1. The molecular formula is C16H22NO. The Morgan fingerprint density at radius 3 is 2.50 bits per heavy atom. The SMILES string of the molecule is Cc1ccc(C(C)(C)C)c(CN([C]=O)C2CC2)c1. The standard InChI is InChI=1S/C16H22NO/c1-12-5-8-15(16(2,3)4)13(9-12)10-17(11-18)14-6-7-14/h5,8-9,14H,6-7,10H2,1-4H3. The van der Waals surface area contributed by atoms with Crippen LogP contribution in [0.25, 0.3) is 0 Å². The third-order valence-corrected chi connectivity index (χ3v) is 3.51. The van der Waals surface area contributed by atoms with E-state index < -0.39 is 0 Å². The van der Waals surface area contributed by atoms with Crippen molar-refractivity contribution in [2.75, 3.05) is 0 Å². The van der Waals surface area contributed by atoms with E-state index in [0.717, 1.165) is 12.8 Å². The summed E-state index contributed by atoms with van der Waals surface area (Å²) in [4.78, 5) is 12.9. The molecule has 0 aromatic heterocycles. The quantitative estimate of drug-likeness (QED) is 0.744. The van der Waals surface area contributed by atoms with Gasteiger partial charge in [0.25, 0.3) is 0 Å². The van der Waals surface area contributed by atoms with Gasteiger partial charge in [-0.1, -0.05) is 44.5 Å². The molecule has 0 unspecified atom stereocenters. The summed E-state index contributed by atoms with van der Waals surface area (Å²) in [6.07, 6.45) is 4.36. The molecule has 97 valence electrons. The Bertz CT molecular complexity index is 441. The number of hydrogen-bond acceptors (Lipinski definition) is 1. The molecule has 1 aromatic carbocycles. The van der Waals surface area contributed by atoms with Crippen molar-refractivity contribution in [3.05, 3.63) is 34.9 Å². The monoisotopic (exact) mass is 244 g/mol. The minimum Gasteiger partial charge on any atom is -0.327 e. The second-order valence-electron chi connectivity index (χ2n) is 6.36. The highest BCUT2D eigenvalue weighted by Gasteiger charge is 2.29. The first-order valence-electron chi connectivity index (χ1n) is 6.66. The van der Waals surface area contributed by atoms with Crippen LogP contribution < -0.4 is 0 Å². The smallest absolute Gasteiger partial charge is 0.312 e. The molecule has 1 fully saturated rings. The molecule has 1 aromatic rings. The van der Waals surface area contributed by atoms with Gasteiger partial charge in [-0.2, -0.15) is 0 Å². The summed E-state index contributed by atoms with van der Waals surface area (Å²) < 4.78 is 0. The second kappa shape index (κ2) is 4.75. The summed E-state index contributed by atoms with van der Waals surface area (Å²) in [6.45, 7) is 9.44. The van der Waals surface area contributed by atoms with Gasteiger partial charge < -0.3 is 4.90 Å². The Kier molecular flexibility index (Phi) is 3.47. The molecule has 0 spiro atoms. The van der Waals surface area contributed by atoms with Crippen molar-refractivity contribution in [1.29, 1.82) is 0 Å². The Morgan fingerprint density at radius 2 is 2.00 bits per heavy atom. The molecule has 0 heterocycles. The van der Waals surface area contributed by atoms with Crippen molar-refractivity contribution in [2.45, 2.75) is 58.5 Å². The lowest BCUT2D eigenvalue weighted by Gasteiger charge is -2.26. The zero-order valence-corrected chi connectivity index (χ0v) is 11.8. The van der Waals surface area contributed by atoms with Crippen molar-refractivity contribution in [2.24, 2.45) is 0 Å². The van der Waals surface area contributed by atoms with Gasteiger partial charge in [-0.05, 0) is 36.3 Å². The van der Waals surface area contributed by atoms with Crippen LogP contribution in [0.4, 0.5) is 0 Å². The van der Waals surface area contributed by atoms with Gasteiger partial charge in [-0.15, -0.1) is 0 Å². The Morgan fingerprint density at radius 1 is 1.33 bits per heavy atom. The van der Waals surface area contributed by atoms with E-state index in [-0.39, 0.29) is 5.41 Å². The number of hydrogen-bond donors (Lipinski definition) is 0. The first-order chi connectivity index (χ1) is 8.41. The van der Waals surface area contributed by atoms with Crippen LogP contribution in [0.5, 0.6) is 0 Å². The first-order valence-corrected chi connectivity index (χ1v) is 6.66. The zero-order valence-electron chi connectivity index (χ0n) is 11.8. The van der Waals surface area contributed by atoms with E-state index in [2.05, 4.69) is 52.3 Å². The third kappa shape index (κ3) is 2.92. The molecule has 1 radical (unpaired) electrons. The molecule has 2 rings (SSSR count). The summed E-state index contributed by atoms with van der Waals surface area (Å²) in [6, 6.07) is 6.97. The van der Waals surface area contributed by atoms with Gasteiger partial charge in [0.2, 0.25) is 0 Å². The van der Waals surface area contributed by atoms with Crippen LogP contribution in [0, 0.1) is 6.92 Å². The number of benzene rings is 1. The van der Waals surface area contributed by atoms with Gasteiger partial charge >= 0.3 is 6.41 Å². The maximum Gasteiger partial charge on any atom is 0.312 e. The molecule has 2 nitrogen and oxygen atoms in total. The number of nitrogens with zero attached hydrogens (tertiary/aromatic N) is 1. The van der Waals surface area contributed by atoms with E-state index in [1.165, 1.54) is 16.7 Å². The van der Waals surface area contributed by atoms with E-state index in [1.54, 1.807) is 0 Å². The van der Waals surface area contributed by atoms with Gasteiger partial charge in [0, 0.05) is 12.6 Å². The average molecular weight is 244 g/mol. The van der Waals surface area contributed by atoms with Crippen molar-refractivity contribution >= 4 is 6.41 Å². The summed E-state index contributed by atoms with van der Waals surface area (Å²) >= 11 is 0. The molecular weight excluding hydrogens is 222 g/mol. The van der Waals surface area contributed by atoms with E-state index in [0.29, 0.717) is 12.6 Å². The van der Waals surface area contributed by atoms with E-state index in [1.807, 2.05) is 4.90 Å². The summed E-state index contributed by atoms with van der Waals surface area (Å²) in [5.41, 5.74) is 3.95. The molecule has 1 aliphatic carbocycles. The van der Waals surface area contributed by atoms with Crippen LogP contribution in [0.3, 0.4) is 0 Å². The number of aryl methyl sites for hydroxylation is 1. The molecule has 1 amide bonds. The largest absolute Gasteiger partial charge is 0.327 e. The molecule has 1 aliphatic rings. The Hall–Kier alpha value is -1.31. The van der Waals surface area contributed by atoms with Crippen LogP contribution in [0.2, 0.25) is 0 Å². The number of amides is 1. The molecule has 0 aliphatic heterocycles. The van der Waals surface area contributed by atoms with Crippen molar-refractivity contribution < 1.29 is 4.79 Å². The summed E-state index contributed by atoms with van der Waals surface area (Å²) in [5.74, 6) is 0. The van der Waals surface area contributed by atoms with Gasteiger partial charge in [-0.25, -0.2) is 0 Å². The predicted molar refractivity (Wildman–Crippen MR) is 74.1 cm³/mol. The molecule has 0 atom stereocenters. The van der Waals surface area contributed by atoms with Gasteiger partial charge in [0.15, 0.2) is 0 Å². The van der Waals surface area contributed by atoms with Crippen molar-refractivity contribution in [3.63, 3.8) is 0 Å². The molecule has 2 heteroatoms. The summed E-state index contributed by atoms with van der Waals surface area (Å²) in [7, 11) is 0. The normalized spacial score (nSPS) is 15.6. The molecule has 1 saturated carbocycles. The molecule has 0 N–H and O–H groups in total. The second-order valence-corrected chi connectivity index (χ2v) is 6.36. The fourth-order valence-corrected chi connectivity index (χ4v) is 2.39. The lowest BCUT2D eigenvalue weighted by Crippen LogP contribution is -2.26. The molecule has 0 saturated heterocycles. The predicted octanol–water partition coefficient (Wildman–Crippen LogP) is 3.32. The summed E-state index contributed by atoms with van der Waals surface area (Å²) in [5, 5.41) is 0. The highest BCUT2D eigenvalue weighted by Crippen LogP contribution is 2.31. The van der Waals surface area contributed by atoms with Gasteiger partial charge in [-0.3, -0.25) is 4.79 Å². The van der Waals surface area contributed by atoms with Crippen LogP contribution in [0.15, 0.2) is 18.2 Å². The lowest BCUT2D eigenvalue weighted by molar-refractivity contribution is 0.362. The van der Waals surface area contributed by atoms with Crippen LogP contribution >= 0.6 is 0 Å². The van der Waals surface area contributed by atoms with E-state index in [4.69, 9.17) is 0 Å². The third-order valence-electron chi connectivity index (χ3n) is 3.51. The zero-order chi connectivity index (χ0) is 13.3. The average Bonchev–Trinajstić information content (AvgIpc) is 3.08. The van der Waals surface area contributed by atoms with Crippen LogP contribution in [-0.4, -0.2) is 17.4 Å². The Balaban J connectivity index is 2.29. The Labute approximate surface area is 110 Å². The number of carbonyl (C=O) groups excluding carboxylic acids is 1. The van der Waals surface area contributed by atoms with Crippen molar-refractivity contribution in [3.8, 4) is 0 Å². The van der Waals surface area contributed by atoms with Gasteiger partial charge in [0.05, 0.1) is 0 Å².